The minimum absolute atomic E-state index is 0.234. The van der Waals surface area contributed by atoms with Gasteiger partial charge in [-0.05, 0) is 53.2 Å². The van der Waals surface area contributed by atoms with E-state index in [0.717, 1.165) is 28.8 Å². The first-order chi connectivity index (χ1) is 11.3. The average Bonchev–Trinajstić information content (AvgIpc) is 2.51. The van der Waals surface area contributed by atoms with Crippen LogP contribution in [0.5, 0.6) is 0 Å². The molecule has 1 heterocycles. The fourth-order valence-electron chi connectivity index (χ4n) is 2.38. The zero-order chi connectivity index (χ0) is 17.7. The van der Waals surface area contributed by atoms with Crippen LogP contribution in [0.25, 0.3) is 0 Å². The number of benzene rings is 1. The Kier molecular flexibility index (Phi) is 7.13. The normalized spacial score (nSPS) is 14.9. The second kappa shape index (κ2) is 8.68. The van der Waals surface area contributed by atoms with Crippen molar-refractivity contribution < 1.29 is 9.53 Å². The van der Waals surface area contributed by atoms with E-state index >= 15 is 0 Å². The van der Waals surface area contributed by atoms with Crippen LogP contribution in [0.1, 0.15) is 26.3 Å². The van der Waals surface area contributed by atoms with E-state index in [-0.39, 0.29) is 6.09 Å². The number of rotatable bonds is 1. The lowest BCUT2D eigenvalue weighted by molar-refractivity contribution is 0.0240. The number of ether oxygens (including phenoxy) is 1. The van der Waals surface area contributed by atoms with Gasteiger partial charge in [0.2, 0.25) is 0 Å². The second-order valence-electron chi connectivity index (χ2n) is 6.46. The van der Waals surface area contributed by atoms with Crippen LogP contribution in [0.2, 0.25) is 0 Å². The van der Waals surface area contributed by atoms with Crippen LogP contribution in [-0.4, -0.2) is 42.8 Å². The summed E-state index contributed by atoms with van der Waals surface area (Å²) < 4.78 is 6.45. The highest BCUT2D eigenvalue weighted by Crippen LogP contribution is 2.24. The molecular formula is C17H20BrIN2O2S. The number of anilines is 1. The summed E-state index contributed by atoms with van der Waals surface area (Å²) in [5.41, 5.74) is 1.65. The third-order valence-electron chi connectivity index (χ3n) is 3.41. The Labute approximate surface area is 168 Å². The van der Waals surface area contributed by atoms with Crippen LogP contribution in [-0.2, 0) is 4.74 Å². The van der Waals surface area contributed by atoms with E-state index in [0.29, 0.717) is 13.1 Å². The Morgan fingerprint density at radius 1 is 1.25 bits per heavy atom. The van der Waals surface area contributed by atoms with Crippen molar-refractivity contribution in [1.29, 1.82) is 0 Å². The Balaban J connectivity index is 2.02. The van der Waals surface area contributed by atoms with Gasteiger partial charge in [0.15, 0.2) is 0 Å². The van der Waals surface area contributed by atoms with Gasteiger partial charge in [0, 0.05) is 63.1 Å². The highest BCUT2D eigenvalue weighted by molar-refractivity contribution is 14.2. The molecule has 0 aliphatic carbocycles. The molecule has 1 aromatic rings. The van der Waals surface area contributed by atoms with Gasteiger partial charge in [-0.15, -0.1) is 0 Å². The Morgan fingerprint density at radius 3 is 2.50 bits per heavy atom. The molecule has 0 bridgehead atoms. The van der Waals surface area contributed by atoms with Gasteiger partial charge in [-0.3, -0.25) is 0 Å². The van der Waals surface area contributed by atoms with Crippen LogP contribution in [0, 0.1) is 11.2 Å². The number of hydrogen-bond acceptors (Lipinski definition) is 4. The van der Waals surface area contributed by atoms with Crippen molar-refractivity contribution in [1.82, 2.24) is 4.90 Å². The van der Waals surface area contributed by atoms with Gasteiger partial charge in [0.25, 0.3) is 0 Å². The minimum atomic E-state index is -0.456. The highest BCUT2D eigenvalue weighted by Gasteiger charge is 2.26. The van der Waals surface area contributed by atoms with Gasteiger partial charge in [0.05, 0.1) is 0 Å². The largest absolute Gasteiger partial charge is 0.444 e. The summed E-state index contributed by atoms with van der Waals surface area (Å²) >= 11 is 5.72. The van der Waals surface area contributed by atoms with Crippen LogP contribution >= 0.6 is 46.1 Å². The predicted molar refractivity (Wildman–Crippen MR) is 113 cm³/mol. The number of hydrogen-bond donors (Lipinski definition) is 0. The van der Waals surface area contributed by atoms with Gasteiger partial charge in [-0.25, -0.2) is 4.79 Å². The van der Waals surface area contributed by atoms with E-state index < -0.39 is 5.60 Å². The van der Waals surface area contributed by atoms with Gasteiger partial charge in [-0.2, -0.15) is 0 Å². The molecule has 7 heteroatoms. The van der Waals surface area contributed by atoms with Crippen LogP contribution in [0.3, 0.4) is 0 Å². The lowest BCUT2D eigenvalue weighted by Crippen LogP contribution is -2.50. The Hall–Kier alpha value is -0.590. The quantitative estimate of drug-likeness (QED) is 0.388. The molecular weight excluding hydrogens is 503 g/mol. The molecule has 0 unspecified atom stereocenters. The molecule has 1 aliphatic rings. The molecule has 1 saturated heterocycles. The van der Waals surface area contributed by atoms with Crippen molar-refractivity contribution in [3.05, 3.63) is 28.2 Å². The van der Waals surface area contributed by atoms with Crippen molar-refractivity contribution in [2.45, 2.75) is 26.4 Å². The summed E-state index contributed by atoms with van der Waals surface area (Å²) in [5.74, 6) is 3.13. The maximum Gasteiger partial charge on any atom is 0.410 e. The van der Waals surface area contributed by atoms with Crippen LogP contribution < -0.4 is 4.90 Å². The fraction of sp³-hybridized carbons (Fsp3) is 0.471. The van der Waals surface area contributed by atoms with Gasteiger partial charge in [-0.1, -0.05) is 21.9 Å². The fourth-order valence-corrected chi connectivity index (χ4v) is 3.35. The SMILES string of the molecule is CC(C)(C)OC(=O)N1CCN(c2cc(Br)cc(C#CSI)c2)CC1. The summed E-state index contributed by atoms with van der Waals surface area (Å²) in [5, 5.41) is 3.01. The topological polar surface area (TPSA) is 32.8 Å². The van der Waals surface area contributed by atoms with E-state index in [1.807, 2.05) is 26.8 Å². The predicted octanol–water partition coefficient (Wildman–Crippen LogP) is 4.90. The number of halogens is 2. The molecule has 130 valence electrons. The van der Waals surface area contributed by atoms with Gasteiger partial charge >= 0.3 is 6.09 Å². The average molecular weight is 523 g/mol. The lowest BCUT2D eigenvalue weighted by atomic mass is 10.2. The van der Waals surface area contributed by atoms with Crippen molar-refractivity contribution in [3.8, 4) is 11.2 Å². The number of carbonyl (C=O) groups excluding carboxylic acids is 1. The standard InChI is InChI=1S/C17H20BrIN2O2S/c1-17(2,3)23-16(22)21-7-5-20(6-8-21)15-11-13(4-9-24-19)10-14(18)12-15/h10-12H,5-8H2,1-3H3. The number of piperazine rings is 1. The van der Waals surface area contributed by atoms with Crippen molar-refractivity contribution in [3.63, 3.8) is 0 Å². The number of amides is 1. The molecule has 4 nitrogen and oxygen atoms in total. The van der Waals surface area contributed by atoms with E-state index in [2.05, 4.69) is 65.3 Å². The molecule has 0 N–H and O–H groups in total. The summed E-state index contributed by atoms with van der Waals surface area (Å²) in [6.45, 7) is 8.54. The summed E-state index contributed by atoms with van der Waals surface area (Å²) in [7, 11) is 1.47. The van der Waals surface area contributed by atoms with E-state index in [1.54, 1.807) is 4.90 Å². The Morgan fingerprint density at radius 2 is 1.92 bits per heavy atom. The molecule has 1 aliphatic heterocycles. The maximum absolute atomic E-state index is 12.1. The molecule has 1 amide bonds. The molecule has 1 aromatic carbocycles. The van der Waals surface area contributed by atoms with Crippen molar-refractivity contribution >= 4 is 57.8 Å². The van der Waals surface area contributed by atoms with Crippen LogP contribution in [0.4, 0.5) is 10.5 Å². The third kappa shape index (κ3) is 6.05. The molecule has 0 atom stereocenters. The maximum atomic E-state index is 12.1. The monoisotopic (exact) mass is 522 g/mol. The molecule has 0 saturated carbocycles. The van der Waals surface area contributed by atoms with Gasteiger partial charge in [0.1, 0.15) is 5.60 Å². The zero-order valence-corrected chi connectivity index (χ0v) is 18.5. The first-order valence-electron chi connectivity index (χ1n) is 7.60. The lowest BCUT2D eigenvalue weighted by Gasteiger charge is -2.36. The second-order valence-corrected chi connectivity index (χ2v) is 9.05. The van der Waals surface area contributed by atoms with E-state index in [9.17, 15) is 4.79 Å². The smallest absolute Gasteiger partial charge is 0.410 e. The summed E-state index contributed by atoms with van der Waals surface area (Å²) in [4.78, 5) is 16.2. The van der Waals surface area contributed by atoms with E-state index in [1.165, 1.54) is 8.93 Å². The highest BCUT2D eigenvalue weighted by atomic mass is 127. The van der Waals surface area contributed by atoms with Crippen molar-refractivity contribution in [2.24, 2.45) is 0 Å². The summed E-state index contributed by atoms with van der Waals surface area (Å²) in [6.07, 6.45) is -0.234. The third-order valence-corrected chi connectivity index (χ3v) is 4.71. The molecule has 0 spiro atoms. The Bertz CT molecular complexity index is 659. The van der Waals surface area contributed by atoms with Crippen LogP contribution in [0.15, 0.2) is 22.7 Å². The first kappa shape index (κ1) is 19.7. The van der Waals surface area contributed by atoms with E-state index in [4.69, 9.17) is 4.74 Å². The zero-order valence-electron chi connectivity index (χ0n) is 13.9. The van der Waals surface area contributed by atoms with Gasteiger partial charge < -0.3 is 14.5 Å². The number of carbonyl (C=O) groups is 1. The first-order valence-corrected chi connectivity index (χ1v) is 11.8. The number of nitrogens with zero attached hydrogens (tertiary/aromatic N) is 2. The van der Waals surface area contributed by atoms with Crippen molar-refractivity contribution in [2.75, 3.05) is 31.1 Å². The summed E-state index contributed by atoms with van der Waals surface area (Å²) in [6, 6.07) is 6.19. The molecule has 0 radical (unpaired) electrons. The molecule has 0 aromatic heterocycles. The molecule has 2 rings (SSSR count). The molecule has 24 heavy (non-hydrogen) atoms. The minimum Gasteiger partial charge on any atom is -0.444 e. The molecule has 1 fully saturated rings.